The lowest BCUT2D eigenvalue weighted by molar-refractivity contribution is -0.146. The number of nitrogens with two attached hydrogens (primary N) is 1. The third-order valence-corrected chi connectivity index (χ3v) is 11.4. The quantitative estimate of drug-likeness (QED) is 0.236. The van der Waals surface area contributed by atoms with Gasteiger partial charge in [0.05, 0.1) is 43.4 Å². The maximum Gasteiger partial charge on any atom is 0.314 e. The molecular weight excluding hydrogens is 759 g/mol. The zero-order chi connectivity index (χ0) is 38.2. The summed E-state index contributed by atoms with van der Waals surface area (Å²) in [5.74, 6) is -0.0157. The second kappa shape index (κ2) is 19.2. The highest BCUT2D eigenvalue weighted by atomic mass is 35.5. The van der Waals surface area contributed by atoms with E-state index < -0.39 is 17.5 Å². The monoisotopic (exact) mass is 806 g/mol. The molecule has 2 atom stereocenters. The van der Waals surface area contributed by atoms with Crippen molar-refractivity contribution < 1.29 is 38.4 Å². The number of hydrogen-bond acceptors (Lipinski definition) is 9. The fourth-order valence-electron chi connectivity index (χ4n) is 7.50. The van der Waals surface area contributed by atoms with Gasteiger partial charge in [-0.15, -0.1) is 12.4 Å². The Kier molecular flexibility index (Phi) is 15.3. The largest absolute Gasteiger partial charge is 0.493 e. The number of primary amides is 1. The Balaban J connectivity index is 0.000000570. The van der Waals surface area contributed by atoms with Crippen molar-refractivity contribution in [2.45, 2.75) is 42.6 Å². The van der Waals surface area contributed by atoms with E-state index in [4.69, 9.17) is 47.9 Å². The van der Waals surface area contributed by atoms with Gasteiger partial charge < -0.3 is 44.9 Å². The molecule has 0 aromatic heterocycles. The lowest BCUT2D eigenvalue weighted by Crippen LogP contribution is -2.48. The number of carbonyl (C=O) groups excluding carboxylic acids is 2. The van der Waals surface area contributed by atoms with Gasteiger partial charge in [0.2, 0.25) is 11.7 Å². The standard InChI is InChI=1S/C34H38Cl2N2O6.C5H10N2O2.ClH/c1-42-28-19-23(20-29(43-2)30(28)44-3)31(39)38-18-12-33(22-38,25-9-10-26(35)27(36)21-25)11-15-37-16-13-34(14-17-37,32(40)41)24-7-5-4-6-8-24;6-5(8)4-3-7-1-2-9-4;/h4-10,19-21H,11-18,22H2,1-3H3,(H,40,41);4,7H,1-3H2,(H2,6,8);1H. The number of likely N-dealkylation sites (tertiary alicyclic amines) is 2. The van der Waals surface area contributed by atoms with Crippen LogP contribution in [0.15, 0.2) is 60.7 Å². The van der Waals surface area contributed by atoms with Gasteiger partial charge in [0.25, 0.3) is 5.91 Å². The first-order valence-corrected chi connectivity index (χ1v) is 18.4. The minimum atomic E-state index is -0.879. The maximum atomic E-state index is 13.9. The van der Waals surface area contributed by atoms with Gasteiger partial charge in [-0.25, -0.2) is 0 Å². The summed E-state index contributed by atoms with van der Waals surface area (Å²) < 4.78 is 21.4. The van der Waals surface area contributed by atoms with Gasteiger partial charge in [0.15, 0.2) is 11.5 Å². The second-order valence-electron chi connectivity index (χ2n) is 13.6. The normalized spacial score (nSPS) is 20.8. The van der Waals surface area contributed by atoms with Crippen LogP contribution in [0.2, 0.25) is 10.0 Å². The molecule has 2 amide bonds. The number of morpholine rings is 1. The molecule has 3 aliphatic rings. The van der Waals surface area contributed by atoms with Gasteiger partial charge >= 0.3 is 5.97 Å². The van der Waals surface area contributed by atoms with Crippen LogP contribution in [-0.4, -0.2) is 113 Å². The van der Waals surface area contributed by atoms with Crippen LogP contribution in [0.4, 0.5) is 0 Å². The van der Waals surface area contributed by atoms with Crippen molar-refractivity contribution in [3.8, 4) is 17.2 Å². The molecule has 0 radical (unpaired) electrons. The Morgan fingerprint density at radius 2 is 1.57 bits per heavy atom. The molecule has 6 rings (SSSR count). The average molecular weight is 808 g/mol. The highest BCUT2D eigenvalue weighted by Gasteiger charge is 2.45. The summed E-state index contributed by atoms with van der Waals surface area (Å²) in [6.07, 6.45) is 2.18. The zero-order valence-electron chi connectivity index (χ0n) is 30.8. The number of carbonyl (C=O) groups is 3. The lowest BCUT2D eigenvalue weighted by atomic mass is 9.72. The first-order chi connectivity index (χ1) is 25.5. The first-order valence-electron chi connectivity index (χ1n) is 17.6. The van der Waals surface area contributed by atoms with Crippen LogP contribution >= 0.6 is 35.6 Å². The van der Waals surface area contributed by atoms with Gasteiger partial charge in [-0.3, -0.25) is 14.4 Å². The van der Waals surface area contributed by atoms with Crippen molar-refractivity contribution in [1.82, 2.24) is 15.1 Å². The van der Waals surface area contributed by atoms with Crippen molar-refractivity contribution in [2.75, 3.05) is 73.7 Å². The summed E-state index contributed by atoms with van der Waals surface area (Å²) >= 11 is 12.8. The minimum Gasteiger partial charge on any atom is -0.493 e. The van der Waals surface area contributed by atoms with Crippen LogP contribution in [0, 0.1) is 0 Å². The number of hydrogen-bond donors (Lipinski definition) is 3. The van der Waals surface area contributed by atoms with E-state index >= 15 is 0 Å². The Morgan fingerprint density at radius 3 is 2.09 bits per heavy atom. The Morgan fingerprint density at radius 1 is 0.907 bits per heavy atom. The van der Waals surface area contributed by atoms with Crippen molar-refractivity contribution in [1.29, 1.82) is 0 Å². The Labute approximate surface area is 332 Å². The van der Waals surface area contributed by atoms with Crippen LogP contribution in [0.5, 0.6) is 17.2 Å². The fraction of sp³-hybridized carbons (Fsp3) is 0.462. The summed E-state index contributed by atoms with van der Waals surface area (Å²) in [6, 6.07) is 18.6. The van der Waals surface area contributed by atoms with E-state index in [-0.39, 0.29) is 29.6 Å². The van der Waals surface area contributed by atoms with Crippen molar-refractivity contribution >= 4 is 53.4 Å². The van der Waals surface area contributed by atoms with E-state index in [0.29, 0.717) is 85.0 Å². The van der Waals surface area contributed by atoms with Crippen molar-refractivity contribution in [3.05, 3.63) is 87.4 Å². The molecule has 0 aliphatic carbocycles. The predicted molar refractivity (Wildman–Crippen MR) is 210 cm³/mol. The molecular formula is C39H49Cl3N4O8. The van der Waals surface area contributed by atoms with Crippen LogP contribution in [0.25, 0.3) is 0 Å². The molecule has 4 N–H and O–H groups in total. The fourth-order valence-corrected chi connectivity index (χ4v) is 7.80. The van der Waals surface area contributed by atoms with Crippen LogP contribution in [0.1, 0.15) is 47.2 Å². The number of methoxy groups -OCH3 is 3. The van der Waals surface area contributed by atoms with E-state index in [0.717, 1.165) is 37.1 Å². The topological polar surface area (TPSA) is 153 Å². The predicted octanol–water partition coefficient (Wildman–Crippen LogP) is 5.19. The maximum absolute atomic E-state index is 13.9. The average Bonchev–Trinajstić information content (AvgIpc) is 3.63. The Hall–Kier alpha value is -3.78. The molecule has 294 valence electrons. The number of carboxylic acids is 1. The van der Waals surface area contributed by atoms with Gasteiger partial charge in [-0.1, -0.05) is 59.6 Å². The number of nitrogens with zero attached hydrogens (tertiary/aromatic N) is 2. The molecule has 2 unspecified atom stereocenters. The molecule has 3 aliphatic heterocycles. The summed E-state index contributed by atoms with van der Waals surface area (Å²) in [5, 5.41) is 14.2. The molecule has 3 aromatic carbocycles. The molecule has 15 heteroatoms. The van der Waals surface area contributed by atoms with Crippen LogP contribution in [0.3, 0.4) is 0 Å². The highest BCUT2D eigenvalue weighted by molar-refractivity contribution is 6.42. The smallest absolute Gasteiger partial charge is 0.314 e. The molecule has 0 bridgehead atoms. The number of benzene rings is 3. The van der Waals surface area contributed by atoms with Gasteiger partial charge in [0, 0.05) is 37.2 Å². The van der Waals surface area contributed by atoms with Gasteiger partial charge in [-0.2, -0.15) is 0 Å². The molecule has 3 heterocycles. The number of aliphatic carboxylic acids is 1. The van der Waals surface area contributed by atoms with E-state index in [1.54, 1.807) is 12.1 Å². The number of carboxylic acid groups (broad SMARTS) is 1. The highest BCUT2D eigenvalue weighted by Crippen LogP contribution is 2.43. The van der Waals surface area contributed by atoms with Crippen LogP contribution in [-0.2, 0) is 25.2 Å². The Bertz CT molecular complexity index is 1730. The number of nitrogens with one attached hydrogen (secondary N) is 1. The minimum absolute atomic E-state index is 0. The number of piperidine rings is 1. The molecule has 3 fully saturated rings. The van der Waals surface area contributed by atoms with E-state index in [2.05, 4.69) is 10.2 Å². The first kappa shape index (κ1) is 43.0. The van der Waals surface area contributed by atoms with E-state index in [1.807, 2.05) is 53.4 Å². The summed E-state index contributed by atoms with van der Waals surface area (Å²) in [5.41, 5.74) is 6.07. The van der Waals surface area contributed by atoms with Crippen LogP contribution < -0.4 is 25.3 Å². The van der Waals surface area contributed by atoms with Crippen molar-refractivity contribution in [3.63, 3.8) is 0 Å². The summed E-state index contributed by atoms with van der Waals surface area (Å²) in [4.78, 5) is 41.0. The zero-order valence-corrected chi connectivity index (χ0v) is 33.1. The molecule has 3 saturated heterocycles. The van der Waals surface area contributed by atoms with Gasteiger partial charge in [0.1, 0.15) is 6.10 Å². The number of rotatable bonds is 11. The lowest BCUT2D eigenvalue weighted by Gasteiger charge is -2.40. The van der Waals surface area contributed by atoms with E-state index in [1.165, 1.54) is 21.3 Å². The number of ether oxygens (including phenoxy) is 4. The summed E-state index contributed by atoms with van der Waals surface area (Å²) in [6.45, 7) is 5.10. The SMILES string of the molecule is COc1cc(C(=O)N2CCC(CCN3CCC(C(=O)O)(c4ccccc4)CC3)(c3ccc(Cl)c(Cl)c3)C2)cc(OC)c1OC.Cl.NC(=O)C1CNCCO1. The van der Waals surface area contributed by atoms with E-state index in [9.17, 15) is 19.5 Å². The summed E-state index contributed by atoms with van der Waals surface area (Å²) in [7, 11) is 4.58. The van der Waals surface area contributed by atoms with Crippen molar-refractivity contribution in [2.24, 2.45) is 5.73 Å². The third-order valence-electron chi connectivity index (χ3n) is 10.7. The van der Waals surface area contributed by atoms with Gasteiger partial charge in [-0.05, 0) is 80.7 Å². The molecule has 54 heavy (non-hydrogen) atoms. The number of amides is 2. The molecule has 3 aromatic rings. The molecule has 0 spiro atoms. The number of halogens is 3. The second-order valence-corrected chi connectivity index (χ2v) is 14.4. The third kappa shape index (κ3) is 9.53. The molecule has 12 nitrogen and oxygen atoms in total. The molecule has 0 saturated carbocycles.